The molecule has 34 heavy (non-hydrogen) atoms. The van der Waals surface area contributed by atoms with Gasteiger partial charge in [-0.25, -0.2) is 0 Å². The third kappa shape index (κ3) is 5.84. The van der Waals surface area contributed by atoms with Crippen molar-refractivity contribution in [2.24, 2.45) is 11.8 Å². The molecule has 3 fully saturated rings. The van der Waals surface area contributed by atoms with Gasteiger partial charge in [-0.1, -0.05) is 0 Å². The first-order valence-corrected chi connectivity index (χ1v) is 11.1. The first kappa shape index (κ1) is 27.1. The minimum absolute atomic E-state index is 0.166. The van der Waals surface area contributed by atoms with Crippen LogP contribution in [-0.2, 0) is 23.8 Å². The number of hydrogen-bond donors (Lipinski definition) is 9. The fraction of sp³-hybridized carbons (Fsp3) is 0.900. The van der Waals surface area contributed by atoms with Crippen LogP contribution in [0, 0.1) is 11.8 Å². The van der Waals surface area contributed by atoms with E-state index < -0.39 is 97.7 Å². The van der Waals surface area contributed by atoms with E-state index in [0.29, 0.717) is 0 Å². The van der Waals surface area contributed by atoms with Crippen LogP contribution in [0.25, 0.3) is 0 Å². The Kier molecular flexibility index (Phi) is 8.84. The van der Waals surface area contributed by atoms with Crippen LogP contribution in [0.15, 0.2) is 0 Å². The summed E-state index contributed by atoms with van der Waals surface area (Å²) in [6.07, 6.45) is -17.7. The molecule has 3 aliphatic rings. The predicted octanol–water partition coefficient (Wildman–Crippen LogP) is -5.13. The Morgan fingerprint density at radius 1 is 0.618 bits per heavy atom. The normalized spacial score (nSPS) is 47.6. The van der Waals surface area contributed by atoms with Crippen molar-refractivity contribution in [1.29, 1.82) is 0 Å². The maximum absolute atomic E-state index is 12.5. The van der Waals surface area contributed by atoms with Crippen molar-refractivity contribution in [3.8, 4) is 0 Å². The Labute approximate surface area is 193 Å². The van der Waals surface area contributed by atoms with Crippen LogP contribution >= 0.6 is 0 Å². The lowest BCUT2D eigenvalue weighted by atomic mass is 9.83. The molecular weight excluding hydrogens is 464 g/mol. The van der Waals surface area contributed by atoms with Gasteiger partial charge in [-0.2, -0.15) is 0 Å². The van der Waals surface area contributed by atoms with Crippen molar-refractivity contribution in [3.05, 3.63) is 0 Å². The summed E-state index contributed by atoms with van der Waals surface area (Å²) >= 11 is 0. The van der Waals surface area contributed by atoms with E-state index in [9.17, 15) is 55.5 Å². The zero-order valence-corrected chi connectivity index (χ0v) is 18.1. The molecule has 9 N–H and O–H groups in total. The van der Waals surface area contributed by atoms with Gasteiger partial charge in [-0.15, -0.1) is 0 Å². The number of carbonyl (C=O) groups is 2. The zero-order chi connectivity index (χ0) is 25.3. The molecule has 1 saturated heterocycles. The summed E-state index contributed by atoms with van der Waals surface area (Å²) in [5, 5.41) is 88.6. The van der Waals surface area contributed by atoms with E-state index in [1.54, 1.807) is 0 Å². The summed E-state index contributed by atoms with van der Waals surface area (Å²) < 4.78 is 15.4. The molecule has 0 bridgehead atoms. The standard InChI is InChI=1S/C20H32O14/c21-8-1-6(2-9(22)13(8)25)18(30)32-5-12-15(27)16(28)17(29)20(33-12)34-19(31)7-3-10(23)14(26)11(24)4-7/h6-17,20-29H,1-5H2/t6?,7?,8?,9?,10?,11?,12-,13?,14?,15-,16+,17-,20+/m1/s1. The fourth-order valence-electron chi connectivity index (χ4n) is 4.46. The van der Waals surface area contributed by atoms with Crippen LogP contribution in [0.4, 0.5) is 0 Å². The SMILES string of the molecule is O=C(OC[C@H]1O[C@@H](OC(=O)C2CC(O)C(O)C(O)C2)[C@H](O)[C@@H](O)[C@@H]1O)C1CC(O)C(O)C(O)C1. The summed E-state index contributed by atoms with van der Waals surface area (Å²) in [6, 6.07) is 0. The predicted molar refractivity (Wildman–Crippen MR) is 105 cm³/mol. The average Bonchev–Trinajstić information content (AvgIpc) is 2.79. The van der Waals surface area contributed by atoms with E-state index >= 15 is 0 Å². The third-order valence-electron chi connectivity index (χ3n) is 6.64. The maximum Gasteiger partial charge on any atom is 0.311 e. The number of hydrogen-bond acceptors (Lipinski definition) is 14. The number of aliphatic hydroxyl groups is 9. The molecule has 2 aliphatic carbocycles. The molecule has 0 aromatic rings. The Balaban J connectivity index is 1.57. The highest BCUT2D eigenvalue weighted by Gasteiger charge is 2.48. The fourth-order valence-corrected chi connectivity index (χ4v) is 4.46. The van der Waals surface area contributed by atoms with Gasteiger partial charge >= 0.3 is 11.9 Å². The van der Waals surface area contributed by atoms with E-state index in [4.69, 9.17) is 14.2 Å². The number of rotatable bonds is 5. The Bertz CT molecular complexity index is 693. The van der Waals surface area contributed by atoms with Crippen molar-refractivity contribution in [3.63, 3.8) is 0 Å². The second-order valence-electron chi connectivity index (χ2n) is 9.17. The van der Waals surface area contributed by atoms with Crippen LogP contribution in [0.2, 0.25) is 0 Å². The second kappa shape index (κ2) is 11.1. The first-order chi connectivity index (χ1) is 15.9. The van der Waals surface area contributed by atoms with Gasteiger partial charge in [0.25, 0.3) is 0 Å². The van der Waals surface area contributed by atoms with Gasteiger partial charge in [0.2, 0.25) is 6.29 Å². The number of esters is 2. The first-order valence-electron chi connectivity index (χ1n) is 11.1. The molecule has 1 aliphatic heterocycles. The molecule has 1 heterocycles. The van der Waals surface area contributed by atoms with Crippen LogP contribution < -0.4 is 0 Å². The molecule has 14 heteroatoms. The van der Waals surface area contributed by atoms with E-state index in [0.717, 1.165) is 0 Å². The molecule has 0 aromatic carbocycles. The monoisotopic (exact) mass is 496 g/mol. The molecule has 0 radical (unpaired) electrons. The van der Waals surface area contributed by atoms with E-state index in [1.165, 1.54) is 0 Å². The van der Waals surface area contributed by atoms with E-state index in [-0.39, 0.29) is 25.7 Å². The Morgan fingerprint density at radius 3 is 1.53 bits per heavy atom. The largest absolute Gasteiger partial charge is 0.463 e. The molecule has 2 saturated carbocycles. The van der Waals surface area contributed by atoms with Crippen LogP contribution in [0.1, 0.15) is 25.7 Å². The Morgan fingerprint density at radius 2 is 1.06 bits per heavy atom. The van der Waals surface area contributed by atoms with E-state index in [1.807, 2.05) is 0 Å². The molecule has 4 unspecified atom stereocenters. The van der Waals surface area contributed by atoms with Crippen molar-refractivity contribution in [2.75, 3.05) is 6.61 Å². The molecule has 3 rings (SSSR count). The van der Waals surface area contributed by atoms with Crippen molar-refractivity contribution >= 4 is 11.9 Å². The van der Waals surface area contributed by atoms with Gasteiger partial charge in [0, 0.05) is 0 Å². The lowest BCUT2D eigenvalue weighted by Crippen LogP contribution is -2.60. The third-order valence-corrected chi connectivity index (χ3v) is 6.64. The minimum Gasteiger partial charge on any atom is -0.463 e. The van der Waals surface area contributed by atoms with Gasteiger partial charge in [0.05, 0.1) is 36.3 Å². The quantitative estimate of drug-likeness (QED) is 0.162. The van der Waals surface area contributed by atoms with Gasteiger partial charge < -0.3 is 60.2 Å². The van der Waals surface area contributed by atoms with Crippen LogP contribution in [0.3, 0.4) is 0 Å². The topological polar surface area (TPSA) is 244 Å². The summed E-state index contributed by atoms with van der Waals surface area (Å²) in [5.74, 6) is -3.84. The molecule has 196 valence electrons. The molecule has 9 atom stereocenters. The van der Waals surface area contributed by atoms with Gasteiger partial charge in [-0.3, -0.25) is 9.59 Å². The van der Waals surface area contributed by atoms with Crippen molar-refractivity contribution in [1.82, 2.24) is 0 Å². The van der Waals surface area contributed by atoms with Gasteiger partial charge in [0.1, 0.15) is 43.2 Å². The lowest BCUT2D eigenvalue weighted by Gasteiger charge is -2.40. The Hall–Kier alpha value is -1.46. The van der Waals surface area contributed by atoms with Gasteiger partial charge in [0.15, 0.2) is 0 Å². The molecule has 0 amide bonds. The van der Waals surface area contributed by atoms with Crippen LogP contribution in [0.5, 0.6) is 0 Å². The number of carbonyl (C=O) groups excluding carboxylic acids is 2. The number of ether oxygens (including phenoxy) is 3. The summed E-state index contributed by atoms with van der Waals surface area (Å²) in [4.78, 5) is 24.8. The van der Waals surface area contributed by atoms with E-state index in [2.05, 4.69) is 0 Å². The highest BCUT2D eigenvalue weighted by molar-refractivity contribution is 5.73. The van der Waals surface area contributed by atoms with Crippen molar-refractivity contribution in [2.45, 2.75) is 93.0 Å². The zero-order valence-electron chi connectivity index (χ0n) is 18.1. The second-order valence-corrected chi connectivity index (χ2v) is 9.17. The smallest absolute Gasteiger partial charge is 0.311 e. The number of aliphatic hydroxyl groups excluding tert-OH is 9. The molecule has 0 aromatic heterocycles. The summed E-state index contributed by atoms with van der Waals surface area (Å²) in [7, 11) is 0. The maximum atomic E-state index is 12.5. The highest BCUT2D eigenvalue weighted by atomic mass is 16.7. The summed E-state index contributed by atoms with van der Waals surface area (Å²) in [5.41, 5.74) is 0. The van der Waals surface area contributed by atoms with Crippen LogP contribution in [-0.4, -0.2) is 132 Å². The lowest BCUT2D eigenvalue weighted by molar-refractivity contribution is -0.295. The van der Waals surface area contributed by atoms with Crippen molar-refractivity contribution < 1.29 is 69.8 Å². The summed E-state index contributed by atoms with van der Waals surface area (Å²) in [6.45, 7) is -0.629. The van der Waals surface area contributed by atoms with Gasteiger partial charge in [-0.05, 0) is 25.7 Å². The average molecular weight is 496 g/mol. The molecule has 14 nitrogen and oxygen atoms in total. The highest BCUT2D eigenvalue weighted by Crippen LogP contribution is 2.30. The molecule has 0 spiro atoms. The minimum atomic E-state index is -1.86. The molecular formula is C20H32O14.